The van der Waals surface area contributed by atoms with Gasteiger partial charge in [0.2, 0.25) is 0 Å². The standard InChI is InChI=1S/C21H19N5O/c1-27-16-7-8-18-17(11-16)21(15(12-22)13-24-18)23-9-4-10-26-14-25-19-5-2-3-6-20(19)26/h2-3,5-8,11,13-14H,4,9-10H2,1H3,(H,23,24). The van der Waals surface area contributed by atoms with E-state index in [-0.39, 0.29) is 0 Å². The van der Waals surface area contributed by atoms with Crippen LogP contribution in [0.15, 0.2) is 55.0 Å². The van der Waals surface area contributed by atoms with E-state index in [4.69, 9.17) is 4.74 Å². The highest BCUT2D eigenvalue weighted by Crippen LogP contribution is 2.29. The van der Waals surface area contributed by atoms with E-state index >= 15 is 0 Å². The molecule has 6 heteroatoms. The number of nitrogens with zero attached hydrogens (tertiary/aromatic N) is 4. The Labute approximate surface area is 157 Å². The Balaban J connectivity index is 1.52. The summed E-state index contributed by atoms with van der Waals surface area (Å²) in [7, 11) is 1.63. The minimum atomic E-state index is 0.531. The summed E-state index contributed by atoms with van der Waals surface area (Å²) in [6.07, 6.45) is 4.39. The van der Waals surface area contributed by atoms with Crippen LogP contribution in [0.4, 0.5) is 5.69 Å². The molecule has 0 amide bonds. The van der Waals surface area contributed by atoms with E-state index in [0.717, 1.165) is 52.9 Å². The van der Waals surface area contributed by atoms with Crippen molar-refractivity contribution in [3.63, 3.8) is 0 Å². The molecule has 27 heavy (non-hydrogen) atoms. The van der Waals surface area contributed by atoms with Crippen LogP contribution in [0, 0.1) is 11.3 Å². The highest BCUT2D eigenvalue weighted by Gasteiger charge is 2.10. The zero-order chi connectivity index (χ0) is 18.6. The van der Waals surface area contributed by atoms with Gasteiger partial charge in [-0.1, -0.05) is 12.1 Å². The molecule has 2 aromatic carbocycles. The molecule has 0 aliphatic heterocycles. The molecular formula is C21H19N5O. The van der Waals surface area contributed by atoms with E-state index in [1.807, 2.05) is 42.7 Å². The van der Waals surface area contributed by atoms with Gasteiger partial charge < -0.3 is 14.6 Å². The van der Waals surface area contributed by atoms with Gasteiger partial charge >= 0.3 is 0 Å². The number of nitrogens with one attached hydrogen (secondary N) is 1. The number of hydrogen-bond acceptors (Lipinski definition) is 5. The Morgan fingerprint density at radius 3 is 2.89 bits per heavy atom. The first-order valence-corrected chi connectivity index (χ1v) is 8.81. The van der Waals surface area contributed by atoms with Gasteiger partial charge in [0.25, 0.3) is 0 Å². The Morgan fingerprint density at radius 1 is 1.15 bits per heavy atom. The molecule has 6 nitrogen and oxygen atoms in total. The molecule has 0 saturated heterocycles. The lowest BCUT2D eigenvalue weighted by atomic mass is 10.1. The lowest BCUT2D eigenvalue weighted by Crippen LogP contribution is -2.08. The second kappa shape index (κ2) is 7.34. The number of benzene rings is 2. The molecule has 4 rings (SSSR count). The van der Waals surface area contributed by atoms with E-state index in [0.29, 0.717) is 5.56 Å². The lowest BCUT2D eigenvalue weighted by Gasteiger charge is -2.12. The number of nitriles is 1. The normalized spacial score (nSPS) is 10.8. The molecule has 0 spiro atoms. The molecule has 0 saturated carbocycles. The largest absolute Gasteiger partial charge is 0.497 e. The fourth-order valence-electron chi connectivity index (χ4n) is 3.23. The number of aromatic nitrogens is 3. The van der Waals surface area contributed by atoms with Crippen molar-refractivity contribution >= 4 is 27.6 Å². The van der Waals surface area contributed by atoms with Gasteiger partial charge in [0.1, 0.15) is 11.8 Å². The summed E-state index contributed by atoms with van der Waals surface area (Å²) >= 11 is 0. The van der Waals surface area contributed by atoms with Crippen molar-refractivity contribution in [3.05, 3.63) is 60.6 Å². The average Bonchev–Trinajstić information content (AvgIpc) is 3.13. The summed E-state index contributed by atoms with van der Waals surface area (Å²) in [5.74, 6) is 0.743. The van der Waals surface area contributed by atoms with Gasteiger partial charge in [0.15, 0.2) is 0 Å². The number of rotatable bonds is 6. The maximum Gasteiger partial charge on any atom is 0.119 e. The van der Waals surface area contributed by atoms with E-state index in [1.54, 1.807) is 13.3 Å². The fraction of sp³-hybridized carbons (Fsp3) is 0.190. The first kappa shape index (κ1) is 16.9. The molecule has 0 aliphatic carbocycles. The Hall–Kier alpha value is -3.59. The van der Waals surface area contributed by atoms with Gasteiger partial charge in [0.05, 0.1) is 41.2 Å². The van der Waals surface area contributed by atoms with Crippen molar-refractivity contribution in [2.75, 3.05) is 19.0 Å². The van der Waals surface area contributed by atoms with E-state index < -0.39 is 0 Å². The minimum absolute atomic E-state index is 0.531. The van der Waals surface area contributed by atoms with Crippen molar-refractivity contribution in [1.29, 1.82) is 5.26 Å². The number of ether oxygens (including phenoxy) is 1. The van der Waals surface area contributed by atoms with Gasteiger partial charge in [-0.25, -0.2) is 4.98 Å². The van der Waals surface area contributed by atoms with Crippen LogP contribution in [0.2, 0.25) is 0 Å². The van der Waals surface area contributed by atoms with Gasteiger partial charge in [-0.2, -0.15) is 5.26 Å². The maximum atomic E-state index is 9.46. The first-order chi connectivity index (χ1) is 13.3. The molecule has 0 aliphatic rings. The van der Waals surface area contributed by atoms with Crippen molar-refractivity contribution in [3.8, 4) is 11.8 Å². The van der Waals surface area contributed by atoms with Crippen LogP contribution in [-0.4, -0.2) is 28.2 Å². The predicted molar refractivity (Wildman–Crippen MR) is 106 cm³/mol. The van der Waals surface area contributed by atoms with E-state index in [2.05, 4.69) is 32.0 Å². The van der Waals surface area contributed by atoms with Crippen molar-refractivity contribution < 1.29 is 4.74 Å². The van der Waals surface area contributed by atoms with E-state index in [1.165, 1.54) is 0 Å². The Morgan fingerprint density at radius 2 is 2.04 bits per heavy atom. The molecule has 0 unspecified atom stereocenters. The third-order valence-corrected chi connectivity index (χ3v) is 4.60. The van der Waals surface area contributed by atoms with Crippen LogP contribution in [-0.2, 0) is 6.54 Å². The SMILES string of the molecule is COc1ccc2ncc(C#N)c(NCCCn3cnc4ccccc43)c2c1. The topological polar surface area (TPSA) is 75.8 Å². The summed E-state index contributed by atoms with van der Waals surface area (Å²) in [4.78, 5) is 8.78. The van der Waals surface area contributed by atoms with E-state index in [9.17, 15) is 5.26 Å². The lowest BCUT2D eigenvalue weighted by molar-refractivity contribution is 0.415. The molecule has 0 fully saturated rings. The third-order valence-electron chi connectivity index (χ3n) is 4.60. The van der Waals surface area contributed by atoms with Crippen molar-refractivity contribution in [2.24, 2.45) is 0 Å². The van der Waals surface area contributed by atoms with Crippen LogP contribution in [0.1, 0.15) is 12.0 Å². The molecule has 0 bridgehead atoms. The smallest absolute Gasteiger partial charge is 0.119 e. The predicted octanol–water partition coefficient (Wildman–Crippen LogP) is 3.97. The molecule has 4 aromatic rings. The molecule has 0 radical (unpaired) electrons. The molecule has 2 heterocycles. The van der Waals surface area contributed by atoms with Gasteiger partial charge in [-0.05, 0) is 36.8 Å². The van der Waals surface area contributed by atoms with Gasteiger partial charge in [0, 0.05) is 24.7 Å². The number of imidazole rings is 1. The highest BCUT2D eigenvalue weighted by molar-refractivity contribution is 5.94. The van der Waals surface area contributed by atoms with Gasteiger partial charge in [-0.15, -0.1) is 0 Å². The number of aryl methyl sites for hydroxylation is 1. The van der Waals surface area contributed by atoms with Crippen molar-refractivity contribution in [1.82, 2.24) is 14.5 Å². The maximum absolute atomic E-state index is 9.46. The molecular weight excluding hydrogens is 338 g/mol. The number of methoxy groups -OCH3 is 1. The number of fused-ring (bicyclic) bond motifs is 2. The second-order valence-electron chi connectivity index (χ2n) is 6.25. The Kier molecular flexibility index (Phi) is 4.58. The zero-order valence-electron chi connectivity index (χ0n) is 15.0. The number of para-hydroxylation sites is 2. The van der Waals surface area contributed by atoms with Crippen molar-refractivity contribution in [2.45, 2.75) is 13.0 Å². The summed E-state index contributed by atoms with van der Waals surface area (Å²) in [6.45, 7) is 1.58. The second-order valence-corrected chi connectivity index (χ2v) is 6.25. The quantitative estimate of drug-likeness (QED) is 0.529. The Bertz CT molecular complexity index is 1140. The molecule has 0 atom stereocenters. The monoisotopic (exact) mass is 357 g/mol. The van der Waals surface area contributed by atoms with Crippen LogP contribution >= 0.6 is 0 Å². The van der Waals surface area contributed by atoms with Crippen LogP contribution in [0.25, 0.3) is 21.9 Å². The molecule has 134 valence electrons. The summed E-state index contributed by atoms with van der Waals surface area (Å²) in [6, 6.07) is 16.0. The number of pyridine rings is 1. The number of hydrogen-bond donors (Lipinski definition) is 1. The third kappa shape index (κ3) is 3.27. The molecule has 1 N–H and O–H groups in total. The minimum Gasteiger partial charge on any atom is -0.497 e. The summed E-state index contributed by atoms with van der Waals surface area (Å²) in [5.41, 5.74) is 4.30. The number of anilines is 1. The molecule has 2 aromatic heterocycles. The first-order valence-electron chi connectivity index (χ1n) is 8.81. The fourth-order valence-corrected chi connectivity index (χ4v) is 3.23. The average molecular weight is 357 g/mol. The highest BCUT2D eigenvalue weighted by atomic mass is 16.5. The van der Waals surface area contributed by atoms with Crippen LogP contribution < -0.4 is 10.1 Å². The zero-order valence-corrected chi connectivity index (χ0v) is 15.0. The van der Waals surface area contributed by atoms with Crippen LogP contribution in [0.5, 0.6) is 5.75 Å². The van der Waals surface area contributed by atoms with Gasteiger partial charge in [-0.3, -0.25) is 4.98 Å². The summed E-state index contributed by atoms with van der Waals surface area (Å²) < 4.78 is 7.47. The summed E-state index contributed by atoms with van der Waals surface area (Å²) in [5, 5.41) is 13.8. The van der Waals surface area contributed by atoms with Crippen LogP contribution in [0.3, 0.4) is 0 Å².